The smallest absolute Gasteiger partial charge is 0.262 e. The van der Waals surface area contributed by atoms with E-state index in [4.69, 9.17) is 0 Å². The number of nitrogens with one attached hydrogen (secondary N) is 2. The Labute approximate surface area is 209 Å². The van der Waals surface area contributed by atoms with Gasteiger partial charge >= 0.3 is 0 Å². The van der Waals surface area contributed by atoms with Crippen LogP contribution in [0.3, 0.4) is 0 Å². The van der Waals surface area contributed by atoms with Crippen LogP contribution in [-0.4, -0.2) is 63.6 Å². The Hall–Kier alpha value is -2.73. The maximum Gasteiger partial charge on any atom is 0.262 e. The number of nitrogens with zero attached hydrogens (tertiary/aromatic N) is 4. The predicted molar refractivity (Wildman–Crippen MR) is 131 cm³/mol. The molecule has 36 heavy (non-hydrogen) atoms. The van der Waals surface area contributed by atoms with Gasteiger partial charge in [0.25, 0.3) is 11.8 Å². The molecule has 2 aromatic heterocycles. The molecular weight excluding hydrogens is 496 g/mol. The van der Waals surface area contributed by atoms with Gasteiger partial charge in [-0.3, -0.25) is 4.79 Å². The summed E-state index contributed by atoms with van der Waals surface area (Å²) in [6.45, 7) is 2.27. The second kappa shape index (κ2) is 9.29. The maximum atomic E-state index is 14.2. The number of alkyl halides is 4. The van der Waals surface area contributed by atoms with Crippen molar-refractivity contribution in [3.05, 3.63) is 29.3 Å². The van der Waals surface area contributed by atoms with Crippen LogP contribution in [0.4, 0.5) is 23.2 Å². The number of aromatic nitrogens is 3. The van der Waals surface area contributed by atoms with E-state index in [0.29, 0.717) is 27.3 Å². The van der Waals surface area contributed by atoms with E-state index in [1.165, 1.54) is 0 Å². The van der Waals surface area contributed by atoms with Gasteiger partial charge in [0.05, 0.1) is 24.3 Å². The number of benzene rings is 1. The van der Waals surface area contributed by atoms with Crippen molar-refractivity contribution >= 4 is 33.8 Å². The molecule has 5 rings (SSSR count). The summed E-state index contributed by atoms with van der Waals surface area (Å²) in [5.41, 5.74) is 2.03. The van der Waals surface area contributed by atoms with Gasteiger partial charge in [-0.05, 0) is 51.2 Å². The van der Waals surface area contributed by atoms with E-state index in [1.54, 1.807) is 4.57 Å². The van der Waals surface area contributed by atoms with E-state index < -0.39 is 36.6 Å². The van der Waals surface area contributed by atoms with Crippen molar-refractivity contribution in [2.45, 2.75) is 57.2 Å². The molecule has 0 spiro atoms. The van der Waals surface area contributed by atoms with Crippen molar-refractivity contribution in [2.75, 3.05) is 25.5 Å². The standard InChI is InChI=1S/C24H28F4N6OS/c1-23(25,26)13-34-18-5-3-4-17(30-14-6-8-33(2)9-7-14)15(18)10-19(34)22-32-31-20(36-22)12-29-21(35)16-11-24(16,27)28/h3-5,10,14,16,30H,6-9,11-13H2,1-2H3,(H,29,35). The lowest BCUT2D eigenvalue weighted by molar-refractivity contribution is -0.124. The van der Waals surface area contributed by atoms with Crippen molar-refractivity contribution in [2.24, 2.45) is 5.92 Å². The van der Waals surface area contributed by atoms with Crippen LogP contribution < -0.4 is 10.6 Å². The van der Waals surface area contributed by atoms with E-state index in [0.717, 1.165) is 55.3 Å². The Morgan fingerprint density at radius 2 is 1.97 bits per heavy atom. The number of fused-ring (bicyclic) bond motifs is 1. The molecule has 0 bridgehead atoms. The normalized spacial score (nSPS) is 20.6. The van der Waals surface area contributed by atoms with Gasteiger partial charge in [0, 0.05) is 30.5 Å². The van der Waals surface area contributed by atoms with Gasteiger partial charge in [-0.2, -0.15) is 0 Å². The van der Waals surface area contributed by atoms with Gasteiger partial charge in [-0.15, -0.1) is 10.2 Å². The number of carbonyl (C=O) groups excluding carboxylic acids is 1. The zero-order valence-corrected chi connectivity index (χ0v) is 20.8. The summed E-state index contributed by atoms with van der Waals surface area (Å²) in [5, 5.41) is 15.9. The first-order valence-electron chi connectivity index (χ1n) is 11.9. The lowest BCUT2D eigenvalue weighted by Crippen LogP contribution is -2.36. The van der Waals surface area contributed by atoms with Crippen molar-refractivity contribution in [3.8, 4) is 10.7 Å². The van der Waals surface area contributed by atoms with Gasteiger partial charge in [-0.1, -0.05) is 17.4 Å². The average Bonchev–Trinajstić information content (AvgIpc) is 3.12. The van der Waals surface area contributed by atoms with Gasteiger partial charge < -0.3 is 20.1 Å². The highest BCUT2D eigenvalue weighted by Crippen LogP contribution is 2.48. The minimum Gasteiger partial charge on any atom is -0.382 e. The molecular formula is C24H28F4N6OS. The number of anilines is 1. The molecule has 0 radical (unpaired) electrons. The molecule has 3 heterocycles. The first kappa shape index (κ1) is 24.9. The zero-order chi connectivity index (χ0) is 25.7. The number of rotatable bonds is 8. The Balaban J connectivity index is 1.42. The third-order valence-corrected chi connectivity index (χ3v) is 7.65. The minimum atomic E-state index is -2.96. The number of carbonyl (C=O) groups is 1. The SMILES string of the molecule is CN1CCC(Nc2cccc3c2cc(-c2nnc(CNC(=O)C4CC4(F)F)s2)n3CC(C)(F)F)CC1. The predicted octanol–water partition coefficient (Wildman–Crippen LogP) is 4.59. The summed E-state index contributed by atoms with van der Waals surface area (Å²) in [4.78, 5) is 14.2. The monoisotopic (exact) mass is 524 g/mol. The lowest BCUT2D eigenvalue weighted by atomic mass is 10.0. The highest BCUT2D eigenvalue weighted by molar-refractivity contribution is 7.14. The van der Waals surface area contributed by atoms with Crippen LogP contribution in [0.25, 0.3) is 21.6 Å². The third-order valence-electron chi connectivity index (χ3n) is 6.70. The molecule has 1 saturated carbocycles. The Kier molecular flexibility index (Phi) is 6.44. The largest absolute Gasteiger partial charge is 0.382 e. The summed E-state index contributed by atoms with van der Waals surface area (Å²) in [6.07, 6.45) is 1.54. The molecule has 2 fully saturated rings. The Morgan fingerprint density at radius 3 is 2.64 bits per heavy atom. The van der Waals surface area contributed by atoms with E-state index in [1.807, 2.05) is 24.3 Å². The fourth-order valence-electron chi connectivity index (χ4n) is 4.62. The highest BCUT2D eigenvalue weighted by atomic mass is 32.1. The first-order chi connectivity index (χ1) is 17.0. The molecule has 1 atom stereocenters. The van der Waals surface area contributed by atoms with E-state index in [-0.39, 0.29) is 6.54 Å². The van der Waals surface area contributed by atoms with Crippen molar-refractivity contribution in [1.82, 2.24) is 25.0 Å². The van der Waals surface area contributed by atoms with Crippen molar-refractivity contribution in [1.29, 1.82) is 0 Å². The van der Waals surface area contributed by atoms with E-state index >= 15 is 0 Å². The average molecular weight is 525 g/mol. The van der Waals surface area contributed by atoms with Crippen LogP contribution in [-0.2, 0) is 17.9 Å². The van der Waals surface area contributed by atoms with E-state index in [2.05, 4.69) is 32.8 Å². The van der Waals surface area contributed by atoms with Crippen LogP contribution in [0.5, 0.6) is 0 Å². The summed E-state index contributed by atoms with van der Waals surface area (Å²) in [7, 11) is 2.09. The number of piperidine rings is 1. The van der Waals surface area contributed by atoms with Crippen molar-refractivity contribution < 1.29 is 22.4 Å². The van der Waals surface area contributed by atoms with Crippen LogP contribution in [0.2, 0.25) is 0 Å². The highest BCUT2D eigenvalue weighted by Gasteiger charge is 2.61. The topological polar surface area (TPSA) is 75.1 Å². The second-order valence-electron chi connectivity index (χ2n) is 9.88. The van der Waals surface area contributed by atoms with Crippen LogP contribution in [0.15, 0.2) is 24.3 Å². The lowest BCUT2D eigenvalue weighted by Gasteiger charge is -2.30. The number of hydrogen-bond donors (Lipinski definition) is 2. The quantitative estimate of drug-likeness (QED) is 0.422. The molecule has 194 valence electrons. The number of hydrogen-bond acceptors (Lipinski definition) is 6. The maximum absolute atomic E-state index is 14.2. The summed E-state index contributed by atoms with van der Waals surface area (Å²) < 4.78 is 56.2. The summed E-state index contributed by atoms with van der Waals surface area (Å²) in [5.74, 6) is -7.92. The molecule has 7 nitrogen and oxygen atoms in total. The van der Waals surface area contributed by atoms with E-state index in [9.17, 15) is 22.4 Å². The van der Waals surface area contributed by atoms with Gasteiger partial charge in [-0.25, -0.2) is 17.6 Å². The Morgan fingerprint density at radius 1 is 1.25 bits per heavy atom. The van der Waals surface area contributed by atoms with Crippen LogP contribution >= 0.6 is 11.3 Å². The Bertz CT molecular complexity index is 1260. The van der Waals surface area contributed by atoms with Gasteiger partial charge in [0.15, 0.2) is 5.01 Å². The molecule has 1 amide bonds. The molecule has 2 N–H and O–H groups in total. The van der Waals surface area contributed by atoms with Gasteiger partial charge in [0.1, 0.15) is 10.9 Å². The summed E-state index contributed by atoms with van der Waals surface area (Å²) in [6, 6.07) is 7.74. The number of amides is 1. The molecule has 1 unspecified atom stereocenters. The molecule has 12 heteroatoms. The zero-order valence-electron chi connectivity index (χ0n) is 20.0. The summed E-state index contributed by atoms with van der Waals surface area (Å²) >= 11 is 1.14. The van der Waals surface area contributed by atoms with Gasteiger partial charge in [0.2, 0.25) is 5.91 Å². The molecule has 2 aliphatic rings. The molecule has 1 aliphatic carbocycles. The second-order valence-corrected chi connectivity index (χ2v) is 10.9. The molecule has 1 aromatic carbocycles. The van der Waals surface area contributed by atoms with Crippen LogP contribution in [0, 0.1) is 5.92 Å². The van der Waals surface area contributed by atoms with Crippen LogP contribution in [0.1, 0.15) is 31.2 Å². The minimum absolute atomic E-state index is 0.0455. The first-order valence-corrected chi connectivity index (χ1v) is 12.8. The molecule has 1 aliphatic heterocycles. The third kappa shape index (κ3) is 5.34. The van der Waals surface area contributed by atoms with Crippen molar-refractivity contribution in [3.63, 3.8) is 0 Å². The fraction of sp³-hybridized carbons (Fsp3) is 0.542. The molecule has 3 aromatic rings. The molecule has 1 saturated heterocycles. The fourth-order valence-corrected chi connectivity index (χ4v) is 5.43. The number of likely N-dealkylation sites (tertiary alicyclic amines) is 1. The number of halogens is 4.